The van der Waals surface area contributed by atoms with Gasteiger partial charge in [0.05, 0.1) is 23.7 Å². The van der Waals surface area contributed by atoms with Gasteiger partial charge in [0.15, 0.2) is 6.61 Å². The monoisotopic (exact) mass is 339 g/mol. The van der Waals surface area contributed by atoms with E-state index in [1.54, 1.807) is 41.2 Å². The SMILES string of the molecule is O=C(COc1ccc2nc3n(c(=O)c2c1)CCC3)NCc1ccco1. The lowest BCUT2D eigenvalue weighted by Gasteiger charge is -2.09. The maximum absolute atomic E-state index is 12.5. The molecule has 1 aromatic carbocycles. The molecule has 0 saturated carbocycles. The molecule has 0 saturated heterocycles. The molecule has 0 radical (unpaired) electrons. The number of rotatable bonds is 5. The Hall–Kier alpha value is -3.09. The highest BCUT2D eigenvalue weighted by Gasteiger charge is 2.16. The minimum atomic E-state index is -0.264. The smallest absolute Gasteiger partial charge is 0.261 e. The van der Waals surface area contributed by atoms with Crippen molar-refractivity contribution in [2.45, 2.75) is 25.9 Å². The average molecular weight is 339 g/mol. The molecule has 2 aromatic heterocycles. The number of benzene rings is 1. The van der Waals surface area contributed by atoms with E-state index in [1.165, 1.54) is 0 Å². The van der Waals surface area contributed by atoms with Crippen LogP contribution in [0, 0.1) is 0 Å². The third-order valence-corrected chi connectivity index (χ3v) is 4.20. The molecular weight excluding hydrogens is 322 g/mol. The number of ether oxygens (including phenoxy) is 1. The van der Waals surface area contributed by atoms with Crippen molar-refractivity contribution < 1.29 is 13.9 Å². The highest BCUT2D eigenvalue weighted by molar-refractivity contribution is 5.80. The first-order chi connectivity index (χ1) is 12.2. The van der Waals surface area contributed by atoms with Gasteiger partial charge in [0.1, 0.15) is 17.3 Å². The first-order valence-electron chi connectivity index (χ1n) is 8.16. The summed E-state index contributed by atoms with van der Waals surface area (Å²) < 4.78 is 12.4. The Kier molecular flexibility index (Phi) is 3.97. The lowest BCUT2D eigenvalue weighted by atomic mass is 10.2. The number of furan rings is 1. The van der Waals surface area contributed by atoms with Crippen LogP contribution in [0.25, 0.3) is 10.9 Å². The number of hydrogen-bond donors (Lipinski definition) is 1. The largest absolute Gasteiger partial charge is 0.484 e. The van der Waals surface area contributed by atoms with Crippen molar-refractivity contribution in [1.29, 1.82) is 0 Å². The summed E-state index contributed by atoms with van der Waals surface area (Å²) in [6.45, 7) is 0.883. The van der Waals surface area contributed by atoms with Gasteiger partial charge in [0.2, 0.25) is 0 Å². The highest BCUT2D eigenvalue weighted by Crippen LogP contribution is 2.19. The van der Waals surface area contributed by atoms with Crippen LogP contribution in [-0.4, -0.2) is 22.1 Å². The third-order valence-electron chi connectivity index (χ3n) is 4.20. The van der Waals surface area contributed by atoms with E-state index in [-0.39, 0.29) is 18.1 Å². The van der Waals surface area contributed by atoms with Gasteiger partial charge >= 0.3 is 0 Å². The topological polar surface area (TPSA) is 86.4 Å². The number of aryl methyl sites for hydroxylation is 1. The first kappa shape index (κ1) is 15.4. The van der Waals surface area contributed by atoms with Gasteiger partial charge in [0.25, 0.3) is 11.5 Å². The predicted molar refractivity (Wildman–Crippen MR) is 90.4 cm³/mol. The van der Waals surface area contributed by atoms with Gasteiger partial charge < -0.3 is 14.5 Å². The Labute approximate surface area is 143 Å². The number of amides is 1. The predicted octanol–water partition coefficient (Wildman–Crippen LogP) is 1.63. The van der Waals surface area contributed by atoms with Crippen LogP contribution in [0.5, 0.6) is 5.75 Å². The second kappa shape index (κ2) is 6.43. The molecule has 1 amide bonds. The number of aromatic nitrogens is 2. The normalized spacial score (nSPS) is 13.0. The Balaban J connectivity index is 1.45. The van der Waals surface area contributed by atoms with Crippen LogP contribution in [0.4, 0.5) is 0 Å². The van der Waals surface area contributed by atoms with E-state index in [9.17, 15) is 9.59 Å². The second-order valence-electron chi connectivity index (χ2n) is 5.91. The van der Waals surface area contributed by atoms with Gasteiger partial charge in [-0.1, -0.05) is 0 Å². The molecule has 3 aromatic rings. The molecule has 128 valence electrons. The molecule has 0 spiro atoms. The minimum Gasteiger partial charge on any atom is -0.484 e. The lowest BCUT2D eigenvalue weighted by molar-refractivity contribution is -0.123. The van der Waals surface area contributed by atoms with Crippen molar-refractivity contribution in [3.05, 3.63) is 58.5 Å². The molecule has 1 N–H and O–H groups in total. The maximum Gasteiger partial charge on any atom is 0.261 e. The summed E-state index contributed by atoms with van der Waals surface area (Å²) in [4.78, 5) is 28.9. The molecule has 7 heteroatoms. The Morgan fingerprint density at radius 1 is 1.36 bits per heavy atom. The van der Waals surface area contributed by atoms with Crippen molar-refractivity contribution in [3.8, 4) is 5.75 Å². The second-order valence-corrected chi connectivity index (χ2v) is 5.91. The summed E-state index contributed by atoms with van der Waals surface area (Å²) in [5.74, 6) is 1.72. The Bertz CT molecular complexity index is 976. The lowest BCUT2D eigenvalue weighted by Crippen LogP contribution is -2.28. The van der Waals surface area contributed by atoms with E-state index in [0.717, 1.165) is 18.7 Å². The van der Waals surface area contributed by atoms with E-state index in [2.05, 4.69) is 10.3 Å². The molecular formula is C18H17N3O4. The zero-order chi connectivity index (χ0) is 17.2. The number of fused-ring (bicyclic) bond motifs is 2. The summed E-state index contributed by atoms with van der Waals surface area (Å²) >= 11 is 0. The number of carbonyl (C=O) groups is 1. The first-order valence-corrected chi connectivity index (χ1v) is 8.16. The van der Waals surface area contributed by atoms with E-state index < -0.39 is 0 Å². The van der Waals surface area contributed by atoms with Crippen molar-refractivity contribution in [1.82, 2.24) is 14.9 Å². The fourth-order valence-corrected chi connectivity index (χ4v) is 2.95. The fourth-order valence-electron chi connectivity index (χ4n) is 2.95. The number of nitrogens with zero attached hydrogens (tertiary/aromatic N) is 2. The third kappa shape index (κ3) is 3.13. The van der Waals surface area contributed by atoms with Crippen LogP contribution in [0.3, 0.4) is 0 Å². The number of carbonyl (C=O) groups excluding carboxylic acids is 1. The van der Waals surface area contributed by atoms with Crippen LogP contribution in [0.2, 0.25) is 0 Å². The van der Waals surface area contributed by atoms with Gasteiger partial charge in [-0.2, -0.15) is 0 Å². The number of nitrogens with one attached hydrogen (secondary N) is 1. The maximum atomic E-state index is 12.5. The van der Waals surface area contributed by atoms with Crippen molar-refractivity contribution in [2.24, 2.45) is 0 Å². The van der Waals surface area contributed by atoms with Crippen LogP contribution < -0.4 is 15.6 Å². The highest BCUT2D eigenvalue weighted by atomic mass is 16.5. The standard InChI is InChI=1S/C18H17N3O4/c22-17(19-10-13-3-2-8-24-13)11-25-12-5-6-15-14(9-12)18(23)21-7-1-4-16(21)20-15/h2-3,5-6,8-9H,1,4,7,10-11H2,(H,19,22). The molecule has 0 atom stereocenters. The van der Waals surface area contributed by atoms with Crippen molar-refractivity contribution in [3.63, 3.8) is 0 Å². The van der Waals surface area contributed by atoms with Gasteiger partial charge in [-0.05, 0) is 36.8 Å². The molecule has 0 aliphatic carbocycles. The molecule has 4 rings (SSSR count). The molecule has 0 unspecified atom stereocenters. The summed E-state index contributed by atoms with van der Waals surface area (Å²) in [5.41, 5.74) is 0.609. The number of hydrogen-bond acceptors (Lipinski definition) is 5. The molecule has 7 nitrogen and oxygen atoms in total. The van der Waals surface area contributed by atoms with Crippen LogP contribution in [0.1, 0.15) is 18.0 Å². The zero-order valence-electron chi connectivity index (χ0n) is 13.5. The molecule has 3 heterocycles. The summed E-state index contributed by atoms with van der Waals surface area (Å²) in [7, 11) is 0. The van der Waals surface area contributed by atoms with Crippen molar-refractivity contribution in [2.75, 3.05) is 6.61 Å². The van der Waals surface area contributed by atoms with Crippen LogP contribution >= 0.6 is 0 Å². The van der Waals surface area contributed by atoms with Gasteiger partial charge in [-0.15, -0.1) is 0 Å². The van der Waals surface area contributed by atoms with E-state index in [1.807, 2.05) is 0 Å². The average Bonchev–Trinajstić information content (AvgIpc) is 3.30. The van der Waals surface area contributed by atoms with E-state index in [0.29, 0.717) is 35.5 Å². The van der Waals surface area contributed by atoms with Crippen LogP contribution in [0.15, 0.2) is 45.8 Å². The fraction of sp³-hybridized carbons (Fsp3) is 0.278. The molecule has 0 bridgehead atoms. The molecule has 1 aliphatic heterocycles. The summed E-state index contributed by atoms with van der Waals surface area (Å²) in [6, 6.07) is 8.67. The van der Waals surface area contributed by atoms with E-state index in [4.69, 9.17) is 9.15 Å². The van der Waals surface area contributed by atoms with Gasteiger partial charge in [0, 0.05) is 13.0 Å². The quantitative estimate of drug-likeness (QED) is 0.763. The van der Waals surface area contributed by atoms with Gasteiger partial charge in [-0.25, -0.2) is 4.98 Å². The molecule has 1 aliphatic rings. The molecule has 0 fully saturated rings. The minimum absolute atomic E-state index is 0.0507. The Morgan fingerprint density at radius 3 is 3.12 bits per heavy atom. The Morgan fingerprint density at radius 2 is 2.28 bits per heavy atom. The van der Waals surface area contributed by atoms with E-state index >= 15 is 0 Å². The van der Waals surface area contributed by atoms with Gasteiger partial charge in [-0.3, -0.25) is 14.2 Å². The summed E-state index contributed by atoms with van der Waals surface area (Å²) in [6.07, 6.45) is 3.33. The zero-order valence-corrected chi connectivity index (χ0v) is 13.5. The van der Waals surface area contributed by atoms with Crippen LogP contribution in [-0.2, 0) is 24.3 Å². The summed E-state index contributed by atoms with van der Waals surface area (Å²) in [5, 5.41) is 3.22. The molecule has 25 heavy (non-hydrogen) atoms. The van der Waals surface area contributed by atoms with Crippen molar-refractivity contribution >= 4 is 16.8 Å².